The number of hydrogen-bond donors (Lipinski definition) is 1. The highest BCUT2D eigenvalue weighted by molar-refractivity contribution is 5.83. The molecule has 4 nitrogen and oxygen atoms in total. The molecule has 86 valence electrons. The maximum absolute atomic E-state index is 11.6. The molecule has 1 rings (SSSR count). The highest BCUT2D eigenvalue weighted by Gasteiger charge is 2.20. The van der Waals surface area contributed by atoms with E-state index in [1.165, 1.54) is 6.92 Å². The van der Waals surface area contributed by atoms with Gasteiger partial charge in [0.15, 0.2) is 0 Å². The maximum atomic E-state index is 11.6. The summed E-state index contributed by atoms with van der Waals surface area (Å²) in [4.78, 5) is 22.7. The molecule has 0 bridgehead atoms. The summed E-state index contributed by atoms with van der Waals surface area (Å²) in [7, 11) is 1.12. The van der Waals surface area contributed by atoms with Crippen LogP contribution in [0.2, 0.25) is 0 Å². The lowest BCUT2D eigenvalue weighted by Crippen LogP contribution is -2.41. The summed E-state index contributed by atoms with van der Waals surface area (Å²) in [6.45, 7) is 1.18. The van der Waals surface area contributed by atoms with Crippen LogP contribution in [0.5, 0.6) is 0 Å². The fourth-order valence-electron chi connectivity index (χ4n) is 1.16. The number of ether oxygens (including phenoxy) is 1. The van der Waals surface area contributed by atoms with E-state index in [1.54, 1.807) is 30.3 Å². The number of rotatable bonds is 4. The van der Waals surface area contributed by atoms with Crippen molar-refractivity contribution in [2.24, 2.45) is 0 Å². The standard InChI is InChI=1S/C12H15NO3/c1-9(14)13-11(12(15)16-2)8-10-6-4-3-5-7-10/h3-7,11H,8H2,1-2H3,(H,13,14)/t11-/m1/s1/i8D,11D/t8-,11-. The molecule has 0 unspecified atom stereocenters. The fraction of sp³-hybridized carbons (Fsp3) is 0.333. The Hall–Kier alpha value is -1.84. The van der Waals surface area contributed by atoms with Gasteiger partial charge in [-0.1, -0.05) is 30.3 Å². The van der Waals surface area contributed by atoms with E-state index in [4.69, 9.17) is 2.74 Å². The van der Waals surface area contributed by atoms with Crippen molar-refractivity contribution in [2.75, 3.05) is 7.11 Å². The minimum absolute atomic E-state index is 0.451. The van der Waals surface area contributed by atoms with Crippen molar-refractivity contribution in [1.29, 1.82) is 0 Å². The molecule has 0 fully saturated rings. The van der Waals surface area contributed by atoms with Crippen LogP contribution < -0.4 is 5.32 Å². The summed E-state index contributed by atoms with van der Waals surface area (Å²) in [5.74, 6) is -1.54. The first kappa shape index (κ1) is 9.39. The van der Waals surface area contributed by atoms with E-state index in [9.17, 15) is 9.59 Å². The van der Waals surface area contributed by atoms with Gasteiger partial charge in [-0.25, -0.2) is 4.79 Å². The van der Waals surface area contributed by atoms with Gasteiger partial charge in [0.25, 0.3) is 0 Å². The van der Waals surface area contributed by atoms with Crippen LogP contribution in [0.25, 0.3) is 0 Å². The lowest BCUT2D eigenvalue weighted by Gasteiger charge is -2.15. The van der Waals surface area contributed by atoms with Crippen LogP contribution in [0.1, 0.15) is 15.2 Å². The molecule has 0 saturated carbocycles. The molecule has 1 amide bonds. The molecule has 1 aromatic rings. The molecule has 4 heteroatoms. The number of hydrogen-bond acceptors (Lipinski definition) is 3. The fourth-order valence-corrected chi connectivity index (χ4v) is 1.16. The van der Waals surface area contributed by atoms with Crippen LogP contribution in [0.15, 0.2) is 30.3 Å². The lowest BCUT2D eigenvalue weighted by molar-refractivity contribution is -0.144. The van der Waals surface area contributed by atoms with Gasteiger partial charge in [0.05, 0.1) is 8.48 Å². The SMILES string of the molecule is [2H][C@H](c1ccccc1)[C@@]([2H])(NC(C)=O)C(=O)OC. The van der Waals surface area contributed by atoms with Crippen LogP contribution in [-0.2, 0) is 20.7 Å². The van der Waals surface area contributed by atoms with Crippen molar-refractivity contribution in [3.8, 4) is 0 Å². The molecule has 0 spiro atoms. The molecule has 0 radical (unpaired) electrons. The van der Waals surface area contributed by atoms with E-state index in [0.29, 0.717) is 5.56 Å². The summed E-state index contributed by atoms with van der Waals surface area (Å²) in [5, 5.41) is 2.17. The normalized spacial score (nSPS) is 17.4. The molecular weight excluding hydrogens is 206 g/mol. The molecule has 2 atom stereocenters. The third kappa shape index (κ3) is 3.73. The minimum Gasteiger partial charge on any atom is -0.467 e. The number of nitrogens with one attached hydrogen (secondary N) is 1. The van der Waals surface area contributed by atoms with Crippen molar-refractivity contribution in [3.05, 3.63) is 35.9 Å². The van der Waals surface area contributed by atoms with Crippen LogP contribution >= 0.6 is 0 Å². The van der Waals surface area contributed by atoms with Crippen molar-refractivity contribution < 1.29 is 17.1 Å². The van der Waals surface area contributed by atoms with E-state index < -0.39 is 24.3 Å². The topological polar surface area (TPSA) is 55.4 Å². The molecule has 16 heavy (non-hydrogen) atoms. The third-order valence-electron chi connectivity index (χ3n) is 1.83. The van der Waals surface area contributed by atoms with E-state index in [2.05, 4.69) is 10.1 Å². The number of benzene rings is 1. The van der Waals surface area contributed by atoms with Crippen LogP contribution in [-0.4, -0.2) is 25.0 Å². The summed E-state index contributed by atoms with van der Waals surface area (Å²) < 4.78 is 20.5. The highest BCUT2D eigenvalue weighted by atomic mass is 16.5. The molecule has 0 aliphatic heterocycles. The Morgan fingerprint density at radius 3 is 2.62 bits per heavy atom. The maximum Gasteiger partial charge on any atom is 0.328 e. The number of carbonyl (C=O) groups is 2. The third-order valence-corrected chi connectivity index (χ3v) is 1.83. The highest BCUT2D eigenvalue weighted by Crippen LogP contribution is 2.04. The zero-order valence-corrected chi connectivity index (χ0v) is 9.19. The number of esters is 1. The first-order valence-electron chi connectivity index (χ1n) is 5.84. The predicted octanol–water partition coefficient (Wildman–Crippen LogP) is 0.907. The Morgan fingerprint density at radius 1 is 1.50 bits per heavy atom. The second-order valence-electron chi connectivity index (χ2n) is 3.14. The number of carbonyl (C=O) groups excluding carboxylic acids is 2. The van der Waals surface area contributed by atoms with E-state index in [1.807, 2.05) is 0 Å². The van der Waals surface area contributed by atoms with Crippen LogP contribution in [0.3, 0.4) is 0 Å². The molecule has 0 heterocycles. The molecule has 0 aliphatic rings. The second kappa shape index (κ2) is 5.90. The Morgan fingerprint density at radius 2 is 2.12 bits per heavy atom. The minimum atomic E-state index is -2.15. The van der Waals surface area contributed by atoms with Gasteiger partial charge in [-0.2, -0.15) is 0 Å². The first-order chi connectivity index (χ1) is 8.41. The first-order valence-corrected chi connectivity index (χ1v) is 4.76. The molecule has 0 aliphatic carbocycles. The summed E-state index contributed by atoms with van der Waals surface area (Å²) in [6.07, 6.45) is -1.27. The van der Waals surface area contributed by atoms with E-state index in [0.717, 1.165) is 7.11 Å². The predicted molar refractivity (Wildman–Crippen MR) is 59.8 cm³/mol. The van der Waals surface area contributed by atoms with Gasteiger partial charge >= 0.3 is 5.97 Å². The molecule has 0 saturated heterocycles. The number of methoxy groups -OCH3 is 1. The summed E-state index contributed by atoms with van der Waals surface area (Å²) in [6, 6.07) is 6.24. The molecular formula is C12H15NO3. The van der Waals surface area contributed by atoms with Crippen LogP contribution in [0.4, 0.5) is 0 Å². The Bertz CT molecular complexity index is 438. The largest absolute Gasteiger partial charge is 0.467 e. The molecule has 0 aromatic heterocycles. The van der Waals surface area contributed by atoms with Crippen molar-refractivity contribution >= 4 is 11.9 Å². The quantitative estimate of drug-likeness (QED) is 0.772. The smallest absolute Gasteiger partial charge is 0.328 e. The van der Waals surface area contributed by atoms with Crippen LogP contribution in [0, 0.1) is 0 Å². The molecule has 1 N–H and O–H groups in total. The monoisotopic (exact) mass is 223 g/mol. The zero-order valence-electron chi connectivity index (χ0n) is 11.2. The average Bonchev–Trinajstić information content (AvgIpc) is 2.36. The van der Waals surface area contributed by atoms with Gasteiger partial charge in [-0.05, 0) is 5.56 Å². The van der Waals surface area contributed by atoms with Gasteiger partial charge in [0, 0.05) is 14.7 Å². The van der Waals surface area contributed by atoms with Crippen molar-refractivity contribution in [3.63, 3.8) is 0 Å². The van der Waals surface area contributed by atoms with Crippen molar-refractivity contribution in [2.45, 2.75) is 19.3 Å². The average molecular weight is 223 g/mol. The Balaban J connectivity index is 3.11. The van der Waals surface area contributed by atoms with Gasteiger partial charge in [0.2, 0.25) is 5.91 Å². The van der Waals surface area contributed by atoms with Gasteiger partial charge in [-0.3, -0.25) is 4.79 Å². The second-order valence-corrected chi connectivity index (χ2v) is 3.14. The van der Waals surface area contributed by atoms with E-state index >= 15 is 0 Å². The van der Waals surface area contributed by atoms with E-state index in [-0.39, 0.29) is 0 Å². The van der Waals surface area contributed by atoms with Gasteiger partial charge in [-0.15, -0.1) is 0 Å². The summed E-state index contributed by atoms with van der Waals surface area (Å²) >= 11 is 0. The van der Waals surface area contributed by atoms with Crippen molar-refractivity contribution in [1.82, 2.24) is 5.32 Å². The summed E-state index contributed by atoms with van der Waals surface area (Å²) in [5.41, 5.74) is 0.451. The lowest BCUT2D eigenvalue weighted by atomic mass is 10.1. The van der Waals surface area contributed by atoms with Gasteiger partial charge in [0.1, 0.15) is 6.02 Å². The zero-order chi connectivity index (χ0) is 13.8. The molecule has 1 aromatic carbocycles. The Labute approximate surface area is 97.4 Å². The van der Waals surface area contributed by atoms with Gasteiger partial charge < -0.3 is 10.1 Å². The Kier molecular flexibility index (Phi) is 3.46. The number of amides is 1.